The van der Waals surface area contributed by atoms with Gasteiger partial charge in [0, 0.05) is 6.08 Å². The van der Waals surface area contributed by atoms with Gasteiger partial charge in [-0.2, -0.15) is 13.2 Å². The zero-order chi connectivity index (χ0) is 14.5. The summed E-state index contributed by atoms with van der Waals surface area (Å²) in [6.07, 6.45) is -5.19. The van der Waals surface area contributed by atoms with Crippen LogP contribution in [0.2, 0.25) is 0 Å². The van der Waals surface area contributed by atoms with E-state index in [1.165, 1.54) is 24.3 Å². The Morgan fingerprint density at radius 3 is 2.68 bits per heavy atom. The third kappa shape index (κ3) is 5.52. The molecule has 0 aliphatic carbocycles. The molecule has 7 heteroatoms. The number of hydrogen-bond donors (Lipinski definition) is 2. The van der Waals surface area contributed by atoms with Crippen molar-refractivity contribution in [3.63, 3.8) is 0 Å². The first-order valence-corrected chi connectivity index (χ1v) is 5.25. The van der Waals surface area contributed by atoms with E-state index in [-0.39, 0.29) is 0 Å². The molecule has 0 saturated carbocycles. The van der Waals surface area contributed by atoms with E-state index < -0.39 is 30.5 Å². The van der Waals surface area contributed by atoms with E-state index in [2.05, 4.69) is 0 Å². The third-order valence-corrected chi connectivity index (χ3v) is 2.12. The van der Waals surface area contributed by atoms with Gasteiger partial charge < -0.3 is 10.4 Å². The second-order valence-corrected chi connectivity index (χ2v) is 3.69. The lowest BCUT2D eigenvalue weighted by Gasteiger charge is -2.14. The molecule has 0 aliphatic rings. The Hall–Kier alpha value is -1.89. The fraction of sp³-hybridized carbons (Fsp3) is 0.250. The molecule has 0 saturated heterocycles. The fourth-order valence-electron chi connectivity index (χ4n) is 1.15. The predicted molar refractivity (Wildman–Crippen MR) is 60.5 cm³/mol. The molecule has 0 radical (unpaired) electrons. The number of rotatable bonds is 4. The number of alkyl halides is 3. The largest absolute Gasteiger partial charge is 0.416 e. The van der Waals surface area contributed by atoms with Crippen LogP contribution in [0.15, 0.2) is 30.3 Å². The van der Waals surface area contributed by atoms with Crippen LogP contribution in [0.25, 0.3) is 6.08 Å². The van der Waals surface area contributed by atoms with Crippen molar-refractivity contribution in [2.75, 3.05) is 6.54 Å². The molecule has 0 spiro atoms. The molecule has 3 nitrogen and oxygen atoms in total. The minimum absolute atomic E-state index is 0.395. The maximum Gasteiger partial charge on any atom is 0.416 e. The highest BCUT2D eigenvalue weighted by atomic mass is 19.4. The smallest absolute Gasteiger partial charge is 0.382 e. The summed E-state index contributed by atoms with van der Waals surface area (Å²) in [7, 11) is 0. The molecule has 1 atom stereocenters. The van der Waals surface area contributed by atoms with Gasteiger partial charge in [-0.25, -0.2) is 4.39 Å². The minimum Gasteiger partial charge on any atom is -0.382 e. The fourth-order valence-corrected chi connectivity index (χ4v) is 1.15. The van der Waals surface area contributed by atoms with E-state index >= 15 is 0 Å². The molecule has 0 fully saturated rings. The summed E-state index contributed by atoms with van der Waals surface area (Å²) >= 11 is 0. The first-order valence-electron chi connectivity index (χ1n) is 5.25. The SMILES string of the molecule is O=C(/C=C/c1cccc(F)c1)NCC(O)C(F)(F)F. The first-order chi connectivity index (χ1) is 8.79. The molecule has 1 aromatic rings. The predicted octanol–water partition coefficient (Wildman–Crippen LogP) is 1.88. The molecule has 2 N–H and O–H groups in total. The van der Waals surface area contributed by atoms with Crippen molar-refractivity contribution < 1.29 is 27.5 Å². The van der Waals surface area contributed by atoms with E-state index in [9.17, 15) is 22.4 Å². The van der Waals surface area contributed by atoms with Gasteiger partial charge in [-0.15, -0.1) is 0 Å². The van der Waals surface area contributed by atoms with E-state index in [4.69, 9.17) is 5.11 Å². The maximum absolute atomic E-state index is 12.8. The van der Waals surface area contributed by atoms with Crippen LogP contribution in [-0.2, 0) is 4.79 Å². The van der Waals surface area contributed by atoms with Crippen molar-refractivity contribution in [1.29, 1.82) is 0 Å². The molecule has 1 aromatic carbocycles. The molecule has 0 aromatic heterocycles. The van der Waals surface area contributed by atoms with E-state index in [0.29, 0.717) is 5.56 Å². The molecule has 104 valence electrons. The Morgan fingerprint density at radius 1 is 1.42 bits per heavy atom. The van der Waals surface area contributed by atoms with Crippen LogP contribution in [0.1, 0.15) is 5.56 Å². The van der Waals surface area contributed by atoms with Gasteiger partial charge in [0.2, 0.25) is 5.91 Å². The van der Waals surface area contributed by atoms with E-state index in [1.807, 2.05) is 5.32 Å². The van der Waals surface area contributed by atoms with Crippen molar-refractivity contribution in [3.05, 3.63) is 41.7 Å². The number of aliphatic hydroxyl groups excluding tert-OH is 1. The molecule has 0 bridgehead atoms. The average Bonchev–Trinajstić information content (AvgIpc) is 2.32. The van der Waals surface area contributed by atoms with Crippen LogP contribution in [0, 0.1) is 5.82 Å². The number of aliphatic hydroxyl groups is 1. The van der Waals surface area contributed by atoms with Gasteiger partial charge in [0.25, 0.3) is 0 Å². The summed E-state index contributed by atoms with van der Waals surface area (Å²) < 4.78 is 48.6. The summed E-state index contributed by atoms with van der Waals surface area (Å²) in [5, 5.41) is 10.5. The Labute approximate surface area is 106 Å². The minimum atomic E-state index is -4.78. The van der Waals surface area contributed by atoms with Crippen molar-refractivity contribution in [1.82, 2.24) is 5.32 Å². The van der Waals surface area contributed by atoms with Gasteiger partial charge in [-0.1, -0.05) is 12.1 Å². The summed E-state index contributed by atoms with van der Waals surface area (Å²) in [6.45, 7) is -0.935. The first kappa shape index (κ1) is 15.2. The average molecular weight is 277 g/mol. The van der Waals surface area contributed by atoms with Crippen molar-refractivity contribution in [3.8, 4) is 0 Å². The van der Waals surface area contributed by atoms with Crippen LogP contribution in [0.5, 0.6) is 0 Å². The molecule has 0 heterocycles. The van der Waals surface area contributed by atoms with Gasteiger partial charge >= 0.3 is 6.18 Å². The lowest BCUT2D eigenvalue weighted by molar-refractivity contribution is -0.201. The number of carbonyl (C=O) groups is 1. The van der Waals surface area contributed by atoms with E-state index in [1.54, 1.807) is 0 Å². The van der Waals surface area contributed by atoms with Gasteiger partial charge in [0.05, 0.1) is 6.54 Å². The topological polar surface area (TPSA) is 49.3 Å². The summed E-state index contributed by atoms with van der Waals surface area (Å²) in [4.78, 5) is 11.2. The van der Waals surface area contributed by atoms with Crippen molar-refractivity contribution in [2.45, 2.75) is 12.3 Å². The number of halogens is 4. The highest BCUT2D eigenvalue weighted by Crippen LogP contribution is 2.19. The third-order valence-electron chi connectivity index (χ3n) is 2.12. The summed E-state index contributed by atoms with van der Waals surface area (Å²) in [5.74, 6) is -1.30. The number of nitrogens with one attached hydrogen (secondary N) is 1. The second kappa shape index (κ2) is 6.33. The van der Waals surface area contributed by atoms with Gasteiger partial charge in [0.15, 0.2) is 6.10 Å². The molecule has 19 heavy (non-hydrogen) atoms. The van der Waals surface area contributed by atoms with Gasteiger partial charge in [-0.05, 0) is 23.8 Å². The second-order valence-electron chi connectivity index (χ2n) is 3.69. The van der Waals surface area contributed by atoms with Crippen LogP contribution in [-0.4, -0.2) is 29.8 Å². The van der Waals surface area contributed by atoms with Gasteiger partial charge in [-0.3, -0.25) is 4.79 Å². The Bertz CT molecular complexity index is 471. The number of carbonyl (C=O) groups excluding carboxylic acids is 1. The van der Waals surface area contributed by atoms with Crippen LogP contribution < -0.4 is 5.32 Å². The molecule has 1 rings (SSSR count). The molecule has 1 unspecified atom stereocenters. The molecule has 1 amide bonds. The molecular weight excluding hydrogens is 266 g/mol. The normalized spacial score (nSPS) is 13.5. The van der Waals surface area contributed by atoms with Crippen LogP contribution >= 0.6 is 0 Å². The Morgan fingerprint density at radius 2 is 2.11 bits per heavy atom. The monoisotopic (exact) mass is 277 g/mol. The number of benzene rings is 1. The van der Waals surface area contributed by atoms with Crippen LogP contribution in [0.4, 0.5) is 17.6 Å². The summed E-state index contributed by atoms with van der Waals surface area (Å²) in [6, 6.07) is 5.34. The summed E-state index contributed by atoms with van der Waals surface area (Å²) in [5.41, 5.74) is 0.395. The highest BCUT2D eigenvalue weighted by molar-refractivity contribution is 5.91. The number of amides is 1. The Balaban J connectivity index is 2.48. The van der Waals surface area contributed by atoms with E-state index in [0.717, 1.165) is 12.1 Å². The highest BCUT2D eigenvalue weighted by Gasteiger charge is 2.37. The van der Waals surface area contributed by atoms with Crippen LogP contribution in [0.3, 0.4) is 0 Å². The molecular formula is C12H11F4NO2. The quantitative estimate of drug-likeness (QED) is 0.652. The zero-order valence-corrected chi connectivity index (χ0v) is 9.62. The standard InChI is InChI=1S/C12H11F4NO2/c13-9-3-1-2-8(6-9)4-5-11(19)17-7-10(18)12(14,15)16/h1-6,10,18H,7H2,(H,17,19)/b5-4+. The lowest BCUT2D eigenvalue weighted by Crippen LogP contribution is -2.40. The maximum atomic E-state index is 12.8. The lowest BCUT2D eigenvalue weighted by atomic mass is 10.2. The number of hydrogen-bond acceptors (Lipinski definition) is 2. The molecule has 0 aliphatic heterocycles. The van der Waals surface area contributed by atoms with Crippen molar-refractivity contribution >= 4 is 12.0 Å². The zero-order valence-electron chi connectivity index (χ0n) is 9.62. The van der Waals surface area contributed by atoms with Gasteiger partial charge in [0.1, 0.15) is 5.82 Å². The Kier molecular flexibility index (Phi) is 5.05. The van der Waals surface area contributed by atoms with Crippen molar-refractivity contribution in [2.24, 2.45) is 0 Å².